The maximum Gasteiger partial charge on any atom is 0.265 e. The van der Waals surface area contributed by atoms with Gasteiger partial charge in [-0.1, -0.05) is 44.5 Å². The van der Waals surface area contributed by atoms with Crippen LogP contribution in [0.3, 0.4) is 0 Å². The van der Waals surface area contributed by atoms with Crippen LogP contribution in [0, 0.1) is 0 Å². The summed E-state index contributed by atoms with van der Waals surface area (Å²) in [4.78, 5) is 26.0. The first kappa shape index (κ1) is 18.3. The first-order valence-electron chi connectivity index (χ1n) is 8.37. The number of amides is 2. The average molecular weight is 373 g/mol. The number of hydrogen-bond acceptors (Lipinski definition) is 3. The van der Waals surface area contributed by atoms with Gasteiger partial charge in [0, 0.05) is 10.7 Å². The number of benzene rings is 2. The fraction of sp³-hybridized carbons (Fsp3) is 0.300. The molecule has 2 aromatic carbocycles. The van der Waals surface area contributed by atoms with Gasteiger partial charge in [-0.25, -0.2) is 0 Å². The van der Waals surface area contributed by atoms with E-state index in [9.17, 15) is 9.59 Å². The van der Waals surface area contributed by atoms with E-state index in [1.165, 1.54) is 10.5 Å². The summed E-state index contributed by atoms with van der Waals surface area (Å²) in [6.45, 7) is 6.20. The van der Waals surface area contributed by atoms with E-state index >= 15 is 0 Å². The van der Waals surface area contributed by atoms with Crippen LogP contribution in [0.15, 0.2) is 42.5 Å². The number of rotatable bonds is 3. The van der Waals surface area contributed by atoms with Crippen molar-refractivity contribution in [2.75, 3.05) is 23.4 Å². The number of anilines is 2. The number of carbonyl (C=O) groups is 2. The van der Waals surface area contributed by atoms with Crippen LogP contribution in [0.5, 0.6) is 5.75 Å². The second-order valence-electron chi connectivity index (χ2n) is 7.26. The molecule has 1 heterocycles. The van der Waals surface area contributed by atoms with Crippen molar-refractivity contribution in [1.82, 2.24) is 0 Å². The van der Waals surface area contributed by atoms with Crippen LogP contribution in [0.4, 0.5) is 11.4 Å². The zero-order chi connectivity index (χ0) is 18.9. The van der Waals surface area contributed by atoms with Gasteiger partial charge in [-0.15, -0.1) is 0 Å². The zero-order valence-electron chi connectivity index (χ0n) is 15.0. The van der Waals surface area contributed by atoms with E-state index in [4.69, 9.17) is 16.3 Å². The van der Waals surface area contributed by atoms with Gasteiger partial charge in [0.1, 0.15) is 12.3 Å². The van der Waals surface area contributed by atoms with Gasteiger partial charge in [0.2, 0.25) is 5.91 Å². The van der Waals surface area contributed by atoms with Crippen molar-refractivity contribution in [1.29, 1.82) is 0 Å². The summed E-state index contributed by atoms with van der Waals surface area (Å²) in [6.07, 6.45) is 0. The van der Waals surface area contributed by atoms with Gasteiger partial charge in [0.15, 0.2) is 6.61 Å². The minimum Gasteiger partial charge on any atom is -0.482 e. The molecule has 0 saturated carbocycles. The van der Waals surface area contributed by atoms with Crippen LogP contribution in [-0.2, 0) is 15.0 Å². The molecule has 136 valence electrons. The summed E-state index contributed by atoms with van der Waals surface area (Å²) >= 11 is 6.01. The predicted octanol–water partition coefficient (Wildman–Crippen LogP) is 4.00. The molecule has 1 N–H and O–H groups in total. The third kappa shape index (κ3) is 3.99. The van der Waals surface area contributed by atoms with Gasteiger partial charge in [0.25, 0.3) is 5.91 Å². The fourth-order valence-electron chi connectivity index (χ4n) is 2.75. The van der Waals surface area contributed by atoms with E-state index < -0.39 is 0 Å². The van der Waals surface area contributed by atoms with Crippen LogP contribution in [0.25, 0.3) is 0 Å². The summed E-state index contributed by atoms with van der Waals surface area (Å²) in [5.41, 5.74) is 2.43. The molecule has 2 aromatic rings. The van der Waals surface area contributed by atoms with Crippen molar-refractivity contribution >= 4 is 34.8 Å². The van der Waals surface area contributed by atoms with Gasteiger partial charge >= 0.3 is 0 Å². The average Bonchev–Trinajstić information content (AvgIpc) is 2.57. The lowest BCUT2D eigenvalue weighted by molar-refractivity contribution is -0.123. The highest BCUT2D eigenvalue weighted by molar-refractivity contribution is 6.31. The Hall–Kier alpha value is -2.53. The fourth-order valence-corrected chi connectivity index (χ4v) is 2.91. The number of carbonyl (C=O) groups excluding carboxylic acids is 2. The Labute approximate surface area is 157 Å². The molecule has 6 heteroatoms. The summed E-state index contributed by atoms with van der Waals surface area (Å²) in [5.74, 6) is -0.0241. The van der Waals surface area contributed by atoms with Crippen LogP contribution in [0.1, 0.15) is 26.3 Å². The molecule has 0 spiro atoms. The predicted molar refractivity (Wildman–Crippen MR) is 103 cm³/mol. The second-order valence-corrected chi connectivity index (χ2v) is 7.69. The van der Waals surface area contributed by atoms with E-state index in [0.717, 1.165) is 0 Å². The number of nitrogens with one attached hydrogen (secondary N) is 1. The molecule has 2 amide bonds. The Morgan fingerprint density at radius 1 is 1.19 bits per heavy atom. The van der Waals surface area contributed by atoms with Crippen LogP contribution in [0.2, 0.25) is 5.02 Å². The highest BCUT2D eigenvalue weighted by Crippen LogP contribution is 2.34. The molecule has 0 aliphatic carbocycles. The Bertz CT molecular complexity index is 841. The molecule has 1 aliphatic heterocycles. The minimum absolute atomic E-state index is 0.0474. The van der Waals surface area contributed by atoms with Crippen molar-refractivity contribution in [3.05, 3.63) is 53.1 Å². The molecule has 0 aromatic heterocycles. The van der Waals surface area contributed by atoms with Gasteiger partial charge in [0.05, 0.1) is 5.69 Å². The monoisotopic (exact) mass is 372 g/mol. The lowest BCUT2D eigenvalue weighted by Crippen LogP contribution is -2.43. The van der Waals surface area contributed by atoms with E-state index in [1.54, 1.807) is 18.2 Å². The first-order valence-corrected chi connectivity index (χ1v) is 8.75. The largest absolute Gasteiger partial charge is 0.482 e. The lowest BCUT2D eigenvalue weighted by atomic mass is 9.87. The van der Waals surface area contributed by atoms with Crippen molar-refractivity contribution in [3.8, 4) is 5.75 Å². The van der Waals surface area contributed by atoms with Crippen molar-refractivity contribution in [2.45, 2.75) is 26.2 Å². The Morgan fingerprint density at radius 2 is 1.88 bits per heavy atom. The Balaban J connectivity index is 1.72. The zero-order valence-corrected chi connectivity index (χ0v) is 15.8. The number of nitrogens with zero attached hydrogens (tertiary/aromatic N) is 1. The quantitative estimate of drug-likeness (QED) is 0.885. The minimum atomic E-state index is -0.283. The third-order valence-electron chi connectivity index (χ3n) is 4.20. The van der Waals surface area contributed by atoms with Crippen LogP contribution < -0.4 is 15.0 Å². The second kappa shape index (κ2) is 7.00. The van der Waals surface area contributed by atoms with Gasteiger partial charge in [-0.05, 0) is 41.3 Å². The molecule has 0 fully saturated rings. The first-order chi connectivity index (χ1) is 12.2. The maximum atomic E-state index is 12.4. The lowest BCUT2D eigenvalue weighted by Gasteiger charge is -2.29. The number of halogens is 1. The Kier molecular flexibility index (Phi) is 4.92. The van der Waals surface area contributed by atoms with Crippen molar-refractivity contribution in [3.63, 3.8) is 0 Å². The molecule has 0 bridgehead atoms. The summed E-state index contributed by atoms with van der Waals surface area (Å²) in [7, 11) is 0. The molecule has 0 radical (unpaired) electrons. The maximum absolute atomic E-state index is 12.4. The molecule has 0 unspecified atom stereocenters. The van der Waals surface area contributed by atoms with Gasteiger partial charge < -0.3 is 10.1 Å². The molecular formula is C20H21ClN2O3. The van der Waals surface area contributed by atoms with Gasteiger partial charge in [-0.3, -0.25) is 14.5 Å². The van der Waals surface area contributed by atoms with E-state index in [1.807, 2.05) is 24.3 Å². The molecule has 5 nitrogen and oxygen atoms in total. The van der Waals surface area contributed by atoms with Crippen molar-refractivity contribution in [2.24, 2.45) is 0 Å². The third-order valence-corrected chi connectivity index (χ3v) is 4.44. The SMILES string of the molecule is CC(C)(C)c1ccc(NC(=O)CN2C(=O)COc3ccc(Cl)cc32)cc1. The number of hydrogen-bond donors (Lipinski definition) is 1. The van der Waals surface area contributed by atoms with E-state index in [-0.39, 0.29) is 30.4 Å². The van der Waals surface area contributed by atoms with E-state index in [2.05, 4.69) is 26.1 Å². The number of fused-ring (bicyclic) bond motifs is 1. The highest BCUT2D eigenvalue weighted by atomic mass is 35.5. The van der Waals surface area contributed by atoms with Crippen molar-refractivity contribution < 1.29 is 14.3 Å². The van der Waals surface area contributed by atoms with Gasteiger partial charge in [-0.2, -0.15) is 0 Å². The van der Waals surface area contributed by atoms with E-state index in [0.29, 0.717) is 22.1 Å². The smallest absolute Gasteiger partial charge is 0.265 e. The topological polar surface area (TPSA) is 58.6 Å². The molecule has 3 rings (SSSR count). The van der Waals surface area contributed by atoms with Crippen LogP contribution in [-0.4, -0.2) is 25.0 Å². The summed E-state index contributed by atoms with van der Waals surface area (Å²) < 4.78 is 5.38. The molecule has 1 aliphatic rings. The molecule has 0 atom stereocenters. The summed E-state index contributed by atoms with van der Waals surface area (Å²) in [6, 6.07) is 12.7. The highest BCUT2D eigenvalue weighted by Gasteiger charge is 2.27. The molecule has 0 saturated heterocycles. The molecule has 26 heavy (non-hydrogen) atoms. The standard InChI is InChI=1S/C20H21ClN2O3/c1-20(2,3)13-4-7-15(8-5-13)22-18(24)11-23-16-10-14(21)6-9-17(16)26-12-19(23)25/h4-10H,11-12H2,1-3H3,(H,22,24). The van der Waals surface area contributed by atoms with Crippen LogP contribution >= 0.6 is 11.6 Å². The normalized spacial score (nSPS) is 13.8. The molecular weight excluding hydrogens is 352 g/mol. The summed E-state index contributed by atoms with van der Waals surface area (Å²) in [5, 5.41) is 3.30. The Morgan fingerprint density at radius 3 is 2.54 bits per heavy atom. The number of ether oxygens (including phenoxy) is 1.